The Morgan fingerprint density at radius 1 is 1.05 bits per heavy atom. The van der Waals surface area contributed by atoms with E-state index >= 15 is 4.39 Å². The van der Waals surface area contributed by atoms with Crippen LogP contribution in [0.1, 0.15) is 32.4 Å². The second-order valence-corrected chi connectivity index (χ2v) is 12.1. The molecule has 2 unspecified atom stereocenters. The first-order valence-electron chi connectivity index (χ1n) is 14.1. The van der Waals surface area contributed by atoms with Gasteiger partial charge in [0, 0.05) is 74.0 Å². The first-order chi connectivity index (χ1) is 19.6. The highest BCUT2D eigenvalue weighted by molar-refractivity contribution is 6.32. The number of phenols is 1. The van der Waals surface area contributed by atoms with E-state index in [-0.39, 0.29) is 11.4 Å². The van der Waals surface area contributed by atoms with Crippen molar-refractivity contribution in [3.8, 4) is 33.7 Å². The Hall–Kier alpha value is -3.62. The van der Waals surface area contributed by atoms with Crippen molar-refractivity contribution in [2.75, 3.05) is 24.5 Å². The molecule has 2 atom stereocenters. The maximum atomic E-state index is 15.1. The third-order valence-corrected chi connectivity index (χ3v) is 9.00. The molecule has 0 spiro atoms. The molecule has 2 aromatic heterocycles. The Labute approximate surface area is 244 Å². The molecule has 2 aromatic carbocycles. The Balaban J connectivity index is 1.36. The summed E-state index contributed by atoms with van der Waals surface area (Å²) in [5.41, 5.74) is 4.08. The van der Waals surface area contributed by atoms with Gasteiger partial charge in [-0.15, -0.1) is 0 Å². The van der Waals surface area contributed by atoms with E-state index in [1.165, 1.54) is 34.2 Å². The first kappa shape index (κ1) is 27.5. The molecule has 0 saturated carbocycles. The molecular weight excluding hydrogens is 541 g/mol. The van der Waals surface area contributed by atoms with Crippen LogP contribution in [-0.2, 0) is 7.05 Å². The van der Waals surface area contributed by atoms with Gasteiger partial charge in [-0.1, -0.05) is 17.7 Å². The lowest BCUT2D eigenvalue weighted by molar-refractivity contribution is 0.197. The molecule has 2 bridgehead atoms. The van der Waals surface area contributed by atoms with Gasteiger partial charge in [-0.25, -0.2) is 9.18 Å². The zero-order valence-electron chi connectivity index (χ0n) is 23.8. The van der Waals surface area contributed by atoms with Gasteiger partial charge in [0.05, 0.1) is 22.1 Å². The quantitative estimate of drug-likeness (QED) is 0.315. The van der Waals surface area contributed by atoms with Gasteiger partial charge in [-0.2, -0.15) is 0 Å². The van der Waals surface area contributed by atoms with E-state index in [9.17, 15) is 9.90 Å². The van der Waals surface area contributed by atoms with E-state index in [0.717, 1.165) is 30.9 Å². The number of anilines is 1. The van der Waals surface area contributed by atoms with Crippen LogP contribution in [0, 0.1) is 18.7 Å². The van der Waals surface area contributed by atoms with Crippen LogP contribution in [0.5, 0.6) is 5.75 Å². The van der Waals surface area contributed by atoms with Crippen molar-refractivity contribution in [3.05, 3.63) is 82.0 Å². The fourth-order valence-electron chi connectivity index (χ4n) is 6.51. The zero-order chi connectivity index (χ0) is 29.0. The summed E-state index contributed by atoms with van der Waals surface area (Å²) in [5.74, 6) is 0.177. The second kappa shape index (κ2) is 10.7. The number of hydrogen-bond donors (Lipinski definition) is 1. The van der Waals surface area contributed by atoms with Gasteiger partial charge < -0.3 is 14.6 Å². The number of fused-ring (bicyclic) bond motifs is 2. The van der Waals surface area contributed by atoms with Gasteiger partial charge in [0.25, 0.3) is 0 Å². The Bertz CT molecular complexity index is 1680. The molecule has 0 aliphatic carbocycles. The van der Waals surface area contributed by atoms with Crippen molar-refractivity contribution in [2.45, 2.75) is 45.7 Å². The average Bonchev–Trinajstić information content (AvgIpc) is 3.42. The molecule has 9 heteroatoms. The second-order valence-electron chi connectivity index (χ2n) is 11.7. The topological polar surface area (TPSA) is 66.5 Å². The van der Waals surface area contributed by atoms with Crippen molar-refractivity contribution in [2.24, 2.45) is 13.0 Å². The number of nitrogens with zero attached hydrogens (tertiary/aromatic N) is 5. The van der Waals surface area contributed by atoms with Crippen LogP contribution in [-0.4, -0.2) is 55.8 Å². The molecule has 2 aliphatic rings. The fourth-order valence-corrected chi connectivity index (χ4v) is 6.78. The highest BCUT2D eigenvalue weighted by Crippen LogP contribution is 2.42. The summed E-state index contributed by atoms with van der Waals surface area (Å²) < 4.78 is 18.0. The number of aryl methyl sites for hydroxylation is 2. The summed E-state index contributed by atoms with van der Waals surface area (Å²) in [5, 5.41) is 11.7. The number of hydrogen-bond acceptors (Lipinski definition) is 5. The number of benzene rings is 2. The van der Waals surface area contributed by atoms with Crippen LogP contribution in [0.4, 0.5) is 10.1 Å². The van der Waals surface area contributed by atoms with E-state index in [1.54, 1.807) is 43.8 Å². The normalized spacial score (nSPS) is 19.2. The minimum atomic E-state index is -0.478. The minimum absolute atomic E-state index is 0.0513. The molecule has 2 aliphatic heterocycles. The number of rotatable bonds is 5. The van der Waals surface area contributed by atoms with Gasteiger partial charge in [0.15, 0.2) is 0 Å². The minimum Gasteiger partial charge on any atom is -0.507 e. The maximum absolute atomic E-state index is 15.1. The summed E-state index contributed by atoms with van der Waals surface area (Å²) in [6.07, 6.45) is 7.33. The molecular formula is C32H35ClFN5O2. The van der Waals surface area contributed by atoms with Gasteiger partial charge >= 0.3 is 5.69 Å². The highest BCUT2D eigenvalue weighted by Gasteiger charge is 2.37. The lowest BCUT2D eigenvalue weighted by Crippen LogP contribution is -2.44. The van der Waals surface area contributed by atoms with E-state index in [2.05, 4.69) is 28.6 Å². The lowest BCUT2D eigenvalue weighted by atomic mass is 9.97. The van der Waals surface area contributed by atoms with Gasteiger partial charge in [0.1, 0.15) is 11.6 Å². The summed E-state index contributed by atoms with van der Waals surface area (Å²) in [6.45, 7) is 9.58. The summed E-state index contributed by atoms with van der Waals surface area (Å²) in [6, 6.07) is 10.7. The summed E-state index contributed by atoms with van der Waals surface area (Å²) >= 11 is 6.57. The van der Waals surface area contributed by atoms with Crippen LogP contribution in [0.2, 0.25) is 5.02 Å². The third-order valence-electron chi connectivity index (χ3n) is 8.70. The average molecular weight is 576 g/mol. The Kier molecular flexibility index (Phi) is 7.16. The molecule has 2 fully saturated rings. The predicted octanol–water partition coefficient (Wildman–Crippen LogP) is 6.02. The highest BCUT2D eigenvalue weighted by atomic mass is 35.5. The molecule has 6 rings (SSSR count). The van der Waals surface area contributed by atoms with Gasteiger partial charge in [-0.05, 0) is 75.4 Å². The van der Waals surface area contributed by atoms with Gasteiger partial charge in [-0.3, -0.25) is 14.5 Å². The van der Waals surface area contributed by atoms with Crippen LogP contribution in [0.3, 0.4) is 0 Å². The van der Waals surface area contributed by atoms with Crippen LogP contribution >= 0.6 is 11.6 Å². The van der Waals surface area contributed by atoms with Crippen LogP contribution < -0.4 is 10.6 Å². The van der Waals surface area contributed by atoms with Crippen LogP contribution in [0.25, 0.3) is 27.9 Å². The van der Waals surface area contributed by atoms with Gasteiger partial charge in [0.2, 0.25) is 0 Å². The number of phenolic OH excluding ortho intramolecular Hbond substituents is 1. The first-order valence-corrected chi connectivity index (χ1v) is 14.5. The molecule has 4 aromatic rings. The van der Waals surface area contributed by atoms with Crippen molar-refractivity contribution in [1.29, 1.82) is 0 Å². The Morgan fingerprint density at radius 2 is 1.80 bits per heavy atom. The summed E-state index contributed by atoms with van der Waals surface area (Å²) in [7, 11) is 1.66. The molecule has 214 valence electrons. The van der Waals surface area contributed by atoms with E-state index in [1.807, 2.05) is 13.0 Å². The number of halogens is 2. The molecule has 41 heavy (non-hydrogen) atoms. The number of pyridine rings is 1. The van der Waals surface area contributed by atoms with Crippen molar-refractivity contribution in [1.82, 2.24) is 19.0 Å². The standard InChI is InChI=1S/C32H35ClFN5O2/c1-19(2)39-17-21-7-8-37(18-25(39)11-21)30-13-23(16-35-20(30)3)27-15-24(34)14-26(31(27)40)22-5-6-29(28(33)12-22)38-10-9-36(4)32(38)41/h5-6,9-10,12-16,19,21,25,40H,7-8,11,17-18H2,1-4H3. The lowest BCUT2D eigenvalue weighted by Gasteiger charge is -2.35. The van der Waals surface area contributed by atoms with E-state index < -0.39 is 5.82 Å². The zero-order valence-corrected chi connectivity index (χ0v) is 24.6. The number of imidazole rings is 1. The third kappa shape index (κ3) is 5.04. The summed E-state index contributed by atoms with van der Waals surface area (Å²) in [4.78, 5) is 22.1. The van der Waals surface area contributed by atoms with Crippen molar-refractivity contribution in [3.63, 3.8) is 0 Å². The van der Waals surface area contributed by atoms with Crippen LogP contribution in [0.15, 0.2) is 59.8 Å². The molecule has 1 N–H and O–H groups in total. The molecule has 0 radical (unpaired) electrons. The van der Waals surface area contributed by atoms with E-state index in [0.29, 0.717) is 51.0 Å². The fraction of sp³-hybridized carbons (Fsp3) is 0.375. The molecule has 0 amide bonds. The molecule has 4 heterocycles. The number of aromatic nitrogens is 3. The number of aromatic hydroxyl groups is 1. The SMILES string of the molecule is Cc1ncc(-c2cc(F)cc(-c3ccc(-n4ccn(C)c4=O)c(Cl)c3)c2O)cc1N1CCC2CC(C1)N(C(C)C)C2. The molecule has 2 saturated heterocycles. The molecule has 7 nitrogen and oxygen atoms in total. The monoisotopic (exact) mass is 575 g/mol. The largest absolute Gasteiger partial charge is 0.507 e. The van der Waals surface area contributed by atoms with Crippen molar-refractivity contribution >= 4 is 17.3 Å². The number of likely N-dealkylation sites (tertiary alicyclic amines) is 1. The maximum Gasteiger partial charge on any atom is 0.332 e. The van der Waals surface area contributed by atoms with Crippen molar-refractivity contribution < 1.29 is 9.50 Å². The Morgan fingerprint density at radius 3 is 2.49 bits per heavy atom. The smallest absolute Gasteiger partial charge is 0.332 e. The van der Waals surface area contributed by atoms with E-state index in [4.69, 9.17) is 11.6 Å². The predicted molar refractivity (Wildman–Crippen MR) is 162 cm³/mol.